The molecule has 0 amide bonds. The normalized spacial score (nSPS) is 25.3. The van der Waals surface area contributed by atoms with E-state index in [2.05, 4.69) is 9.88 Å². The molecule has 1 aromatic carbocycles. The van der Waals surface area contributed by atoms with Crippen LogP contribution >= 0.6 is 0 Å². The second-order valence-corrected chi connectivity index (χ2v) is 12.1. The van der Waals surface area contributed by atoms with Crippen molar-refractivity contribution in [2.75, 3.05) is 57.5 Å². The maximum atomic E-state index is 13.7. The molecule has 0 spiro atoms. The van der Waals surface area contributed by atoms with Crippen LogP contribution in [0.4, 0.5) is 15.9 Å². The molecule has 0 radical (unpaired) electrons. The topological polar surface area (TPSA) is 108 Å². The molecule has 9 nitrogen and oxygen atoms in total. The number of rotatable bonds is 8. The van der Waals surface area contributed by atoms with Gasteiger partial charge in [0.05, 0.1) is 25.5 Å². The highest BCUT2D eigenvalue weighted by Crippen LogP contribution is 2.46. The second kappa shape index (κ2) is 11.6. The fourth-order valence-corrected chi connectivity index (χ4v) is 7.01. The van der Waals surface area contributed by atoms with Gasteiger partial charge in [-0.25, -0.2) is 17.8 Å². The van der Waals surface area contributed by atoms with E-state index in [9.17, 15) is 12.8 Å². The van der Waals surface area contributed by atoms with E-state index < -0.39 is 15.4 Å². The average molecular weight is 556 g/mol. The predicted octanol–water partition coefficient (Wildman–Crippen LogP) is 3.84. The highest BCUT2D eigenvalue weighted by Gasteiger charge is 2.47. The Morgan fingerprint density at radius 3 is 2.64 bits per heavy atom. The summed E-state index contributed by atoms with van der Waals surface area (Å²) >= 11 is 0. The molecule has 0 bridgehead atoms. The Hall–Kier alpha value is -2.99. The molecule has 2 fully saturated rings. The third kappa shape index (κ3) is 5.81. The van der Waals surface area contributed by atoms with E-state index in [1.807, 2.05) is 13.0 Å². The van der Waals surface area contributed by atoms with Crippen LogP contribution in [-0.4, -0.2) is 82.2 Å². The Balaban J connectivity index is 1.42. The van der Waals surface area contributed by atoms with Crippen molar-refractivity contribution in [3.63, 3.8) is 0 Å². The van der Waals surface area contributed by atoms with Crippen molar-refractivity contribution in [3.05, 3.63) is 60.1 Å². The predicted molar refractivity (Wildman–Crippen MR) is 148 cm³/mol. The summed E-state index contributed by atoms with van der Waals surface area (Å²) in [6.45, 7) is 6.04. The molecule has 2 unspecified atom stereocenters. The number of aromatic nitrogens is 1. The van der Waals surface area contributed by atoms with E-state index in [0.29, 0.717) is 51.5 Å². The van der Waals surface area contributed by atoms with E-state index in [4.69, 9.17) is 19.9 Å². The van der Waals surface area contributed by atoms with Gasteiger partial charge in [-0.3, -0.25) is 4.99 Å². The second-order valence-electron chi connectivity index (χ2n) is 10.1. The molecule has 11 heteroatoms. The minimum absolute atomic E-state index is 0.163. The van der Waals surface area contributed by atoms with Gasteiger partial charge in [0.1, 0.15) is 16.5 Å². The Morgan fingerprint density at radius 1 is 1.21 bits per heavy atom. The number of fused-ring (bicyclic) bond motifs is 1. The highest BCUT2D eigenvalue weighted by atomic mass is 32.2. The maximum absolute atomic E-state index is 13.7. The van der Waals surface area contributed by atoms with Crippen LogP contribution in [-0.2, 0) is 19.5 Å². The van der Waals surface area contributed by atoms with Crippen LogP contribution in [0.5, 0.6) is 0 Å². The van der Waals surface area contributed by atoms with Gasteiger partial charge in [0.2, 0.25) is 10.0 Å². The zero-order chi connectivity index (χ0) is 27.5. The van der Waals surface area contributed by atoms with Gasteiger partial charge in [0.15, 0.2) is 0 Å². The minimum atomic E-state index is -3.79. The maximum Gasteiger partial charge on any atom is 0.244 e. The molecule has 1 N–H and O–H groups in total. The average Bonchev–Trinajstić information content (AvgIpc) is 2.97. The summed E-state index contributed by atoms with van der Waals surface area (Å²) in [5.74, 6) is 0.0826. The number of sulfonamides is 1. The van der Waals surface area contributed by atoms with Gasteiger partial charge < -0.3 is 19.8 Å². The lowest BCUT2D eigenvalue weighted by molar-refractivity contribution is 0.0398. The number of morpholine rings is 1. The van der Waals surface area contributed by atoms with E-state index in [-0.39, 0.29) is 23.2 Å². The summed E-state index contributed by atoms with van der Waals surface area (Å²) in [5.41, 5.74) is 1.83. The SMILES string of the molecule is CCOCC12CC(C=N)C(=Nc3ccc(F)cc3)C=C1CCN(S(=O)(=O)c1ccc(N3CCOCC3)nc1)C2. The summed E-state index contributed by atoms with van der Waals surface area (Å²) in [6.07, 6.45) is 5.81. The molecule has 39 heavy (non-hydrogen) atoms. The molecule has 1 aliphatic carbocycles. The lowest BCUT2D eigenvalue weighted by Gasteiger charge is -2.47. The number of benzene rings is 1. The molecule has 2 saturated heterocycles. The van der Waals surface area contributed by atoms with E-state index in [0.717, 1.165) is 30.2 Å². The fourth-order valence-electron chi connectivity index (χ4n) is 5.54. The van der Waals surface area contributed by atoms with Crippen molar-refractivity contribution in [1.82, 2.24) is 9.29 Å². The zero-order valence-electron chi connectivity index (χ0n) is 22.1. The Bertz CT molecular complexity index is 1340. The quantitative estimate of drug-likeness (QED) is 0.496. The number of nitrogens with zero attached hydrogens (tertiary/aromatic N) is 4. The molecule has 5 rings (SSSR count). The molecule has 2 aromatic rings. The number of ether oxygens (including phenoxy) is 2. The van der Waals surface area contributed by atoms with Gasteiger partial charge in [0, 0.05) is 62.2 Å². The van der Waals surface area contributed by atoms with Crippen molar-refractivity contribution >= 4 is 33.5 Å². The van der Waals surface area contributed by atoms with Crippen LogP contribution in [0.1, 0.15) is 19.8 Å². The van der Waals surface area contributed by atoms with Gasteiger partial charge >= 0.3 is 0 Å². The van der Waals surface area contributed by atoms with Crippen LogP contribution < -0.4 is 4.90 Å². The third-order valence-electron chi connectivity index (χ3n) is 7.67. The van der Waals surface area contributed by atoms with Crippen molar-refractivity contribution in [3.8, 4) is 0 Å². The number of hydrogen-bond donors (Lipinski definition) is 1. The van der Waals surface area contributed by atoms with Crippen molar-refractivity contribution < 1.29 is 22.3 Å². The van der Waals surface area contributed by atoms with Crippen molar-refractivity contribution in [1.29, 1.82) is 5.41 Å². The molecule has 2 aliphatic heterocycles. The van der Waals surface area contributed by atoms with E-state index in [1.54, 1.807) is 24.3 Å². The largest absolute Gasteiger partial charge is 0.381 e. The van der Waals surface area contributed by atoms with Gasteiger partial charge in [-0.05, 0) is 62.2 Å². The number of aliphatic imine (C=N–C) groups is 1. The first-order valence-corrected chi connectivity index (χ1v) is 14.7. The fraction of sp³-hybridized carbons (Fsp3) is 0.464. The summed E-state index contributed by atoms with van der Waals surface area (Å²) < 4.78 is 53.7. The number of halogens is 1. The Morgan fingerprint density at radius 2 is 1.97 bits per heavy atom. The molecule has 208 valence electrons. The molecule has 1 aromatic heterocycles. The third-order valence-corrected chi connectivity index (χ3v) is 9.49. The highest BCUT2D eigenvalue weighted by molar-refractivity contribution is 7.89. The van der Waals surface area contributed by atoms with Crippen LogP contribution in [0.2, 0.25) is 0 Å². The zero-order valence-corrected chi connectivity index (χ0v) is 22.9. The number of piperidine rings is 1. The summed E-state index contributed by atoms with van der Waals surface area (Å²) in [7, 11) is -3.79. The standard InChI is InChI=1S/C28H34FN5O4S/c1-2-37-20-28-16-21(17-30)26(32-24-5-3-23(29)4-6-24)15-22(28)9-10-34(19-28)39(35,36)25-7-8-27(31-18-25)33-11-13-38-14-12-33/h3-8,15,17-18,21,30H,2,9-14,16,19-20H2,1H3. The van der Waals surface area contributed by atoms with E-state index >= 15 is 0 Å². The monoisotopic (exact) mass is 555 g/mol. The van der Waals surface area contributed by atoms with Gasteiger partial charge in [0.25, 0.3) is 0 Å². The Kier molecular flexibility index (Phi) is 8.22. The van der Waals surface area contributed by atoms with Crippen LogP contribution in [0.3, 0.4) is 0 Å². The summed E-state index contributed by atoms with van der Waals surface area (Å²) in [6, 6.07) is 9.32. The first-order valence-electron chi connectivity index (χ1n) is 13.3. The number of allylic oxidation sites excluding steroid dienone is 1. The molecule has 2 atom stereocenters. The smallest absolute Gasteiger partial charge is 0.244 e. The lowest BCUT2D eigenvalue weighted by Crippen LogP contribution is -2.52. The van der Waals surface area contributed by atoms with Gasteiger partial charge in [-0.2, -0.15) is 4.31 Å². The van der Waals surface area contributed by atoms with Crippen LogP contribution in [0.15, 0.2) is 64.1 Å². The van der Waals surface area contributed by atoms with Crippen LogP contribution in [0.25, 0.3) is 0 Å². The number of nitrogens with one attached hydrogen (secondary N) is 1. The summed E-state index contributed by atoms with van der Waals surface area (Å²) in [4.78, 5) is 11.4. The molecule has 3 heterocycles. The number of pyridine rings is 1. The van der Waals surface area contributed by atoms with Crippen molar-refractivity contribution in [2.45, 2.75) is 24.7 Å². The number of hydrogen-bond acceptors (Lipinski definition) is 8. The number of anilines is 1. The van der Waals surface area contributed by atoms with Crippen molar-refractivity contribution in [2.24, 2.45) is 16.3 Å². The summed E-state index contributed by atoms with van der Waals surface area (Å²) in [5, 5.41) is 8.12. The minimum Gasteiger partial charge on any atom is -0.381 e. The van der Waals surface area contributed by atoms with E-state index in [1.165, 1.54) is 28.8 Å². The van der Waals surface area contributed by atoms with Gasteiger partial charge in [-0.15, -0.1) is 0 Å². The molecule has 3 aliphatic rings. The van der Waals surface area contributed by atoms with Gasteiger partial charge in [-0.1, -0.05) is 5.57 Å². The lowest BCUT2D eigenvalue weighted by atomic mass is 9.66. The first-order chi connectivity index (χ1) is 18.8. The van der Waals surface area contributed by atoms with Crippen LogP contribution in [0, 0.1) is 22.6 Å². The first kappa shape index (κ1) is 27.6. The molecule has 0 saturated carbocycles. The Labute approximate surface area is 228 Å². The molecular formula is C28H34FN5O4S. The molecular weight excluding hydrogens is 521 g/mol.